The second-order valence-electron chi connectivity index (χ2n) is 7.97. The molecule has 156 valence electrons. The maximum atomic E-state index is 6.19. The van der Waals surface area contributed by atoms with E-state index < -0.39 is 0 Å². The third-order valence-corrected chi connectivity index (χ3v) is 6.02. The number of ether oxygens (including phenoxy) is 3. The summed E-state index contributed by atoms with van der Waals surface area (Å²) in [5.41, 5.74) is 4.34. The fourth-order valence-electron chi connectivity index (χ4n) is 4.37. The van der Waals surface area contributed by atoms with Crippen LogP contribution in [-0.2, 0) is 6.54 Å². The molecule has 3 heterocycles. The van der Waals surface area contributed by atoms with Crippen LogP contribution in [0.25, 0.3) is 0 Å². The molecule has 0 N–H and O–H groups in total. The van der Waals surface area contributed by atoms with E-state index in [1.54, 1.807) is 0 Å². The van der Waals surface area contributed by atoms with Gasteiger partial charge in [0, 0.05) is 44.6 Å². The number of rotatable bonds is 3. The molecule has 3 aromatic carbocycles. The van der Waals surface area contributed by atoms with E-state index >= 15 is 0 Å². The van der Waals surface area contributed by atoms with Crippen molar-refractivity contribution in [3.05, 3.63) is 71.8 Å². The Labute approximate surface area is 181 Å². The Bertz CT molecular complexity index is 1150. The van der Waals surface area contributed by atoms with Crippen molar-refractivity contribution in [1.29, 1.82) is 0 Å². The van der Waals surface area contributed by atoms with Crippen molar-refractivity contribution < 1.29 is 14.2 Å². The molecule has 0 bridgehead atoms. The summed E-state index contributed by atoms with van der Waals surface area (Å²) in [7, 11) is 0. The number of aliphatic imine (C=N–C) groups is 1. The fraction of sp³-hybridized carbons (Fsp3) is 0.240. The molecule has 3 aliphatic rings. The quantitative estimate of drug-likeness (QED) is 0.492. The molecule has 6 rings (SSSR count). The summed E-state index contributed by atoms with van der Waals surface area (Å²) in [5, 5.41) is 0. The fourth-order valence-corrected chi connectivity index (χ4v) is 4.37. The Morgan fingerprint density at radius 1 is 0.774 bits per heavy atom. The van der Waals surface area contributed by atoms with Crippen molar-refractivity contribution in [2.24, 2.45) is 4.99 Å². The van der Waals surface area contributed by atoms with Crippen LogP contribution in [0, 0.1) is 0 Å². The zero-order valence-electron chi connectivity index (χ0n) is 17.2. The predicted molar refractivity (Wildman–Crippen MR) is 120 cm³/mol. The van der Waals surface area contributed by atoms with Gasteiger partial charge in [-0.25, -0.2) is 0 Å². The summed E-state index contributed by atoms with van der Waals surface area (Å²) in [6, 6.07) is 20.4. The number of nitrogens with zero attached hydrogens (tertiary/aromatic N) is 3. The van der Waals surface area contributed by atoms with Gasteiger partial charge in [-0.2, -0.15) is 0 Å². The molecule has 31 heavy (non-hydrogen) atoms. The van der Waals surface area contributed by atoms with E-state index in [4.69, 9.17) is 14.2 Å². The summed E-state index contributed by atoms with van der Waals surface area (Å²) in [6.45, 7) is 5.14. The number of hydrogen-bond acceptors (Lipinski definition) is 6. The first kappa shape index (κ1) is 18.3. The molecule has 1 fully saturated rings. The minimum atomic E-state index is 0.316. The van der Waals surface area contributed by atoms with Gasteiger partial charge < -0.3 is 19.1 Å². The molecule has 0 unspecified atom stereocenters. The molecule has 1 saturated heterocycles. The van der Waals surface area contributed by atoms with Gasteiger partial charge in [-0.1, -0.05) is 24.3 Å². The van der Waals surface area contributed by atoms with Crippen LogP contribution in [0.4, 0.5) is 11.4 Å². The smallest absolute Gasteiger partial charge is 0.231 e. The van der Waals surface area contributed by atoms with Crippen LogP contribution < -0.4 is 19.1 Å². The molecule has 0 aromatic heterocycles. The van der Waals surface area contributed by atoms with Gasteiger partial charge in [0.15, 0.2) is 17.2 Å². The summed E-state index contributed by atoms with van der Waals surface area (Å²) >= 11 is 0. The van der Waals surface area contributed by atoms with Gasteiger partial charge >= 0.3 is 0 Å². The zero-order chi connectivity index (χ0) is 20.6. The summed E-state index contributed by atoms with van der Waals surface area (Å²) < 4.78 is 17.1. The third-order valence-electron chi connectivity index (χ3n) is 6.02. The maximum Gasteiger partial charge on any atom is 0.231 e. The highest BCUT2D eigenvalue weighted by molar-refractivity contribution is 5.94. The van der Waals surface area contributed by atoms with E-state index in [1.807, 2.05) is 42.6 Å². The molecule has 0 atom stereocenters. The number of hydrogen-bond donors (Lipinski definition) is 0. The van der Waals surface area contributed by atoms with Gasteiger partial charge in [-0.05, 0) is 42.0 Å². The van der Waals surface area contributed by atoms with E-state index in [1.165, 1.54) is 11.3 Å². The molecule has 0 spiro atoms. The van der Waals surface area contributed by atoms with E-state index in [2.05, 4.69) is 39.1 Å². The molecule has 3 aromatic rings. The van der Waals surface area contributed by atoms with Crippen molar-refractivity contribution in [2.45, 2.75) is 6.54 Å². The van der Waals surface area contributed by atoms with Crippen LogP contribution >= 0.6 is 0 Å². The van der Waals surface area contributed by atoms with E-state index in [0.717, 1.165) is 67.0 Å². The Morgan fingerprint density at radius 2 is 1.61 bits per heavy atom. The normalized spacial score (nSPS) is 17.0. The lowest BCUT2D eigenvalue weighted by Gasteiger charge is -2.37. The van der Waals surface area contributed by atoms with Crippen molar-refractivity contribution in [1.82, 2.24) is 4.90 Å². The molecule has 6 heteroatoms. The van der Waals surface area contributed by atoms with E-state index in [0.29, 0.717) is 6.79 Å². The Hall–Kier alpha value is -3.51. The highest BCUT2D eigenvalue weighted by atomic mass is 16.7. The first-order chi connectivity index (χ1) is 15.3. The van der Waals surface area contributed by atoms with Crippen LogP contribution in [0.15, 0.2) is 65.7 Å². The highest BCUT2D eigenvalue weighted by Gasteiger charge is 2.23. The second kappa shape index (κ2) is 7.63. The Balaban J connectivity index is 1.17. The van der Waals surface area contributed by atoms with Crippen LogP contribution in [-0.4, -0.2) is 44.1 Å². The average molecular weight is 413 g/mol. The molecular weight excluding hydrogens is 390 g/mol. The molecule has 0 aliphatic carbocycles. The lowest BCUT2D eigenvalue weighted by Crippen LogP contribution is -2.46. The van der Waals surface area contributed by atoms with Crippen molar-refractivity contribution in [3.63, 3.8) is 0 Å². The minimum Gasteiger partial charge on any atom is -0.454 e. The average Bonchev–Trinajstić information content (AvgIpc) is 3.18. The van der Waals surface area contributed by atoms with Crippen LogP contribution in [0.3, 0.4) is 0 Å². The lowest BCUT2D eigenvalue weighted by atomic mass is 10.1. The highest BCUT2D eigenvalue weighted by Crippen LogP contribution is 2.39. The van der Waals surface area contributed by atoms with E-state index in [9.17, 15) is 0 Å². The number of anilines is 1. The van der Waals surface area contributed by atoms with E-state index in [-0.39, 0.29) is 0 Å². The van der Waals surface area contributed by atoms with Gasteiger partial charge in [-0.15, -0.1) is 0 Å². The number of para-hydroxylation sites is 2. The maximum absolute atomic E-state index is 6.19. The molecule has 0 amide bonds. The lowest BCUT2D eigenvalue weighted by molar-refractivity contribution is 0.174. The molecular formula is C25H23N3O3. The van der Waals surface area contributed by atoms with Gasteiger partial charge in [0.25, 0.3) is 0 Å². The monoisotopic (exact) mass is 413 g/mol. The van der Waals surface area contributed by atoms with Crippen molar-refractivity contribution in [3.8, 4) is 23.0 Å². The van der Waals surface area contributed by atoms with Crippen LogP contribution in [0.5, 0.6) is 23.0 Å². The first-order valence-electron chi connectivity index (χ1n) is 10.6. The summed E-state index contributed by atoms with van der Waals surface area (Å²) in [4.78, 5) is 9.59. The Morgan fingerprint density at radius 3 is 2.55 bits per heavy atom. The standard InChI is InChI=1S/C25H23N3O3/c1-2-6-23-20(4-1)26-15-19-21(5-3-7-22(19)31-23)28-12-10-27(11-13-28)16-18-8-9-24-25(14-18)30-17-29-24/h1-9,14-15H,10-13,16-17H2. The third kappa shape index (κ3) is 3.49. The number of benzene rings is 3. The second-order valence-corrected chi connectivity index (χ2v) is 7.97. The first-order valence-corrected chi connectivity index (χ1v) is 10.6. The van der Waals surface area contributed by atoms with Crippen LogP contribution in [0.1, 0.15) is 11.1 Å². The largest absolute Gasteiger partial charge is 0.454 e. The van der Waals surface area contributed by atoms with Gasteiger partial charge in [0.05, 0.1) is 5.56 Å². The summed E-state index contributed by atoms with van der Waals surface area (Å²) in [5.74, 6) is 3.34. The van der Waals surface area contributed by atoms with Gasteiger partial charge in [0.2, 0.25) is 6.79 Å². The molecule has 0 radical (unpaired) electrons. The van der Waals surface area contributed by atoms with Crippen molar-refractivity contribution >= 4 is 17.6 Å². The zero-order valence-corrected chi connectivity index (χ0v) is 17.2. The van der Waals surface area contributed by atoms with Gasteiger partial charge in [0.1, 0.15) is 11.4 Å². The predicted octanol–water partition coefficient (Wildman–Crippen LogP) is 4.59. The Kier molecular flexibility index (Phi) is 4.50. The minimum absolute atomic E-state index is 0.316. The van der Waals surface area contributed by atoms with Gasteiger partial charge in [-0.3, -0.25) is 9.89 Å². The molecule has 0 saturated carbocycles. The topological polar surface area (TPSA) is 46.5 Å². The number of fused-ring (bicyclic) bond motifs is 3. The molecule has 3 aliphatic heterocycles. The SMILES string of the molecule is C1=Nc2ccccc2Oc2cccc(N3CCN(Cc4ccc5c(c4)OCO5)CC3)c21. The number of piperazine rings is 1. The van der Waals surface area contributed by atoms with Crippen LogP contribution in [0.2, 0.25) is 0 Å². The molecule has 6 nitrogen and oxygen atoms in total. The summed E-state index contributed by atoms with van der Waals surface area (Å²) in [6.07, 6.45) is 1.94. The van der Waals surface area contributed by atoms with Crippen molar-refractivity contribution in [2.75, 3.05) is 37.9 Å².